The molecule has 1 heterocycles. The molecule has 0 aliphatic rings. The van der Waals surface area contributed by atoms with Crippen molar-refractivity contribution in [2.24, 2.45) is 0 Å². The fourth-order valence-corrected chi connectivity index (χ4v) is 1.98. The fraction of sp³-hybridized carbons (Fsp3) is 0.286. The van der Waals surface area contributed by atoms with Gasteiger partial charge in [-0.05, 0) is 24.3 Å². The standard InChI is InChI=1S/C14H15N5O2/c1-14(2,3)12-11(19(20)21)13(16)18(17-12)10-6-4-9(8-15)5-7-10/h4-7H,16H2,1-3H3. The van der Waals surface area contributed by atoms with E-state index in [4.69, 9.17) is 11.0 Å². The maximum absolute atomic E-state index is 11.3. The van der Waals surface area contributed by atoms with E-state index in [0.717, 1.165) is 0 Å². The molecule has 0 unspecified atom stereocenters. The fourth-order valence-electron chi connectivity index (χ4n) is 1.98. The lowest BCUT2D eigenvalue weighted by molar-refractivity contribution is -0.385. The Morgan fingerprint density at radius 2 is 1.90 bits per heavy atom. The summed E-state index contributed by atoms with van der Waals surface area (Å²) in [6.07, 6.45) is 0. The highest BCUT2D eigenvalue weighted by molar-refractivity contribution is 5.62. The minimum absolute atomic E-state index is 0.0189. The summed E-state index contributed by atoms with van der Waals surface area (Å²) in [5, 5.41) is 24.4. The number of aromatic nitrogens is 2. The van der Waals surface area contributed by atoms with Crippen molar-refractivity contribution in [2.45, 2.75) is 26.2 Å². The number of nitrogens with zero attached hydrogens (tertiary/aromatic N) is 4. The minimum atomic E-state index is -0.511. The van der Waals surface area contributed by atoms with Crippen molar-refractivity contribution in [3.63, 3.8) is 0 Å². The van der Waals surface area contributed by atoms with Gasteiger partial charge in [0.05, 0.1) is 22.2 Å². The maximum atomic E-state index is 11.3. The van der Waals surface area contributed by atoms with Gasteiger partial charge in [0.2, 0.25) is 5.82 Å². The third-order valence-corrected chi connectivity index (χ3v) is 3.03. The van der Waals surface area contributed by atoms with Crippen molar-refractivity contribution in [1.82, 2.24) is 9.78 Å². The normalized spacial score (nSPS) is 11.1. The highest BCUT2D eigenvalue weighted by Gasteiger charge is 2.33. The molecule has 7 heteroatoms. The molecule has 1 aromatic heterocycles. The van der Waals surface area contributed by atoms with Crippen LogP contribution in [0.5, 0.6) is 0 Å². The molecule has 0 radical (unpaired) electrons. The zero-order valence-corrected chi connectivity index (χ0v) is 12.0. The van der Waals surface area contributed by atoms with Gasteiger partial charge in [0.1, 0.15) is 5.69 Å². The summed E-state index contributed by atoms with van der Waals surface area (Å²) in [6, 6.07) is 8.53. The van der Waals surface area contributed by atoms with Gasteiger partial charge in [-0.2, -0.15) is 10.4 Å². The second-order valence-electron chi connectivity index (χ2n) is 5.66. The zero-order chi connectivity index (χ0) is 15.8. The Hall–Kier alpha value is -2.88. The summed E-state index contributed by atoms with van der Waals surface area (Å²) >= 11 is 0. The van der Waals surface area contributed by atoms with Crippen LogP contribution in [0.4, 0.5) is 11.5 Å². The number of nitro groups is 1. The average molecular weight is 285 g/mol. The van der Waals surface area contributed by atoms with Crippen LogP contribution in [0.25, 0.3) is 5.69 Å². The monoisotopic (exact) mass is 285 g/mol. The summed E-state index contributed by atoms with van der Waals surface area (Å²) < 4.78 is 1.33. The summed E-state index contributed by atoms with van der Waals surface area (Å²) in [6.45, 7) is 5.51. The van der Waals surface area contributed by atoms with Crippen molar-refractivity contribution in [3.05, 3.63) is 45.6 Å². The largest absolute Gasteiger partial charge is 0.378 e. The van der Waals surface area contributed by atoms with Crippen LogP contribution in [-0.4, -0.2) is 14.7 Å². The van der Waals surface area contributed by atoms with Crippen LogP contribution >= 0.6 is 0 Å². The van der Waals surface area contributed by atoms with Gasteiger partial charge in [-0.15, -0.1) is 0 Å². The van der Waals surface area contributed by atoms with E-state index in [1.165, 1.54) is 4.68 Å². The molecule has 0 aliphatic carbocycles. The Kier molecular flexibility index (Phi) is 3.39. The third-order valence-electron chi connectivity index (χ3n) is 3.03. The summed E-state index contributed by atoms with van der Waals surface area (Å²) in [7, 11) is 0. The SMILES string of the molecule is CC(C)(C)c1nn(-c2ccc(C#N)cc2)c(N)c1[N+](=O)[O-]. The van der Waals surface area contributed by atoms with E-state index in [-0.39, 0.29) is 11.5 Å². The Bertz CT molecular complexity index is 732. The molecule has 2 N–H and O–H groups in total. The van der Waals surface area contributed by atoms with E-state index < -0.39 is 10.3 Å². The second-order valence-corrected chi connectivity index (χ2v) is 5.66. The van der Waals surface area contributed by atoms with Crippen molar-refractivity contribution in [2.75, 3.05) is 5.73 Å². The molecule has 0 fully saturated rings. The molecular weight excluding hydrogens is 270 g/mol. The molecule has 1 aromatic carbocycles. The summed E-state index contributed by atoms with van der Waals surface area (Å²) in [5.74, 6) is -0.0189. The molecular formula is C14H15N5O2. The molecule has 0 amide bonds. The third kappa shape index (κ3) is 2.56. The maximum Gasteiger partial charge on any atom is 0.334 e. The van der Waals surface area contributed by atoms with Crippen molar-refractivity contribution >= 4 is 11.5 Å². The van der Waals surface area contributed by atoms with Crippen LogP contribution < -0.4 is 5.73 Å². The van der Waals surface area contributed by atoms with E-state index in [1.54, 1.807) is 24.3 Å². The van der Waals surface area contributed by atoms with Crippen molar-refractivity contribution < 1.29 is 4.92 Å². The number of anilines is 1. The van der Waals surface area contributed by atoms with Gasteiger partial charge in [0.15, 0.2) is 0 Å². The highest BCUT2D eigenvalue weighted by atomic mass is 16.6. The van der Waals surface area contributed by atoms with Gasteiger partial charge in [-0.25, -0.2) is 4.68 Å². The average Bonchev–Trinajstić information content (AvgIpc) is 2.76. The van der Waals surface area contributed by atoms with Gasteiger partial charge in [0, 0.05) is 5.41 Å². The van der Waals surface area contributed by atoms with Crippen molar-refractivity contribution in [1.29, 1.82) is 5.26 Å². The summed E-state index contributed by atoms with van der Waals surface area (Å²) in [5.41, 5.74) is 6.62. The minimum Gasteiger partial charge on any atom is -0.378 e. The lowest BCUT2D eigenvalue weighted by atomic mass is 9.91. The predicted molar refractivity (Wildman–Crippen MR) is 78.0 cm³/mol. The van der Waals surface area contributed by atoms with E-state index in [0.29, 0.717) is 16.9 Å². The first-order chi connectivity index (χ1) is 9.75. The molecule has 2 rings (SSSR count). The van der Waals surface area contributed by atoms with Gasteiger partial charge < -0.3 is 5.73 Å². The number of nitrogens with two attached hydrogens (primary N) is 1. The predicted octanol–water partition coefficient (Wildman–Crippen LogP) is 2.53. The van der Waals surface area contributed by atoms with E-state index in [2.05, 4.69) is 5.10 Å². The van der Waals surface area contributed by atoms with Crippen LogP contribution in [0.2, 0.25) is 0 Å². The molecule has 0 atom stereocenters. The Morgan fingerprint density at radius 3 is 2.29 bits per heavy atom. The molecule has 0 bridgehead atoms. The van der Waals surface area contributed by atoms with Crippen LogP contribution in [0.3, 0.4) is 0 Å². The quantitative estimate of drug-likeness (QED) is 0.673. The van der Waals surface area contributed by atoms with Crippen molar-refractivity contribution in [3.8, 4) is 11.8 Å². The molecule has 0 saturated heterocycles. The van der Waals surface area contributed by atoms with Gasteiger partial charge in [0.25, 0.3) is 0 Å². The van der Waals surface area contributed by atoms with Gasteiger partial charge >= 0.3 is 5.69 Å². The molecule has 0 spiro atoms. The molecule has 108 valence electrons. The Balaban J connectivity index is 2.65. The van der Waals surface area contributed by atoms with Crippen LogP contribution in [0.1, 0.15) is 32.0 Å². The number of hydrogen-bond acceptors (Lipinski definition) is 5. The Morgan fingerprint density at radius 1 is 1.33 bits per heavy atom. The van der Waals surface area contributed by atoms with Crippen LogP contribution in [0, 0.1) is 21.4 Å². The van der Waals surface area contributed by atoms with Gasteiger partial charge in [-0.1, -0.05) is 20.8 Å². The first-order valence-corrected chi connectivity index (χ1v) is 6.29. The summed E-state index contributed by atoms with van der Waals surface area (Å²) in [4.78, 5) is 10.8. The molecule has 7 nitrogen and oxygen atoms in total. The molecule has 21 heavy (non-hydrogen) atoms. The molecule has 0 saturated carbocycles. The smallest absolute Gasteiger partial charge is 0.334 e. The van der Waals surface area contributed by atoms with Crippen LogP contribution in [0.15, 0.2) is 24.3 Å². The highest BCUT2D eigenvalue weighted by Crippen LogP contribution is 2.36. The lowest BCUT2D eigenvalue weighted by Crippen LogP contribution is -2.14. The lowest BCUT2D eigenvalue weighted by Gasteiger charge is -2.13. The topological polar surface area (TPSA) is 111 Å². The molecule has 0 aliphatic heterocycles. The zero-order valence-electron chi connectivity index (χ0n) is 12.0. The van der Waals surface area contributed by atoms with Crippen LogP contribution in [-0.2, 0) is 5.41 Å². The second kappa shape index (κ2) is 4.90. The number of benzene rings is 1. The Labute approximate surface area is 121 Å². The van der Waals surface area contributed by atoms with E-state index in [1.807, 2.05) is 26.8 Å². The van der Waals surface area contributed by atoms with E-state index >= 15 is 0 Å². The van der Waals surface area contributed by atoms with Gasteiger partial charge in [-0.3, -0.25) is 10.1 Å². The first-order valence-electron chi connectivity index (χ1n) is 6.29. The number of nitriles is 1. The first kappa shape index (κ1) is 14.5. The number of nitrogen functional groups attached to an aromatic ring is 1. The molecule has 2 aromatic rings. The number of rotatable bonds is 2. The number of hydrogen-bond donors (Lipinski definition) is 1. The van der Waals surface area contributed by atoms with E-state index in [9.17, 15) is 10.1 Å².